The molecule has 0 amide bonds. The van der Waals surface area contributed by atoms with Crippen molar-refractivity contribution in [1.82, 2.24) is 0 Å². The first-order valence-corrected chi connectivity index (χ1v) is 10.4. The topological polar surface area (TPSA) is 0 Å². The quantitative estimate of drug-likeness (QED) is 0.304. The van der Waals surface area contributed by atoms with Gasteiger partial charge in [-0.1, -0.05) is 96.1 Å². The van der Waals surface area contributed by atoms with E-state index in [1.54, 1.807) is 0 Å². The summed E-state index contributed by atoms with van der Waals surface area (Å²) >= 11 is 0. The maximum absolute atomic E-state index is 2.33. The molecule has 0 spiro atoms. The molecule has 0 aliphatic heterocycles. The Labute approximate surface area is 173 Å². The molecular weight excluding hydrogens is 348 g/mol. The Hall–Kier alpha value is -3.12. The van der Waals surface area contributed by atoms with Gasteiger partial charge in [0.25, 0.3) is 0 Å². The minimum atomic E-state index is -0.289. The fraction of sp³-hybridized carbons (Fsp3) is 0.172. The maximum atomic E-state index is 2.33. The molecule has 0 unspecified atom stereocenters. The summed E-state index contributed by atoms with van der Waals surface area (Å²) in [5.41, 5.74) is 13.3. The van der Waals surface area contributed by atoms with Crippen molar-refractivity contribution in [2.75, 3.05) is 0 Å². The third-order valence-electron chi connectivity index (χ3n) is 6.55. The highest BCUT2D eigenvalue weighted by Gasteiger charge is 2.47. The summed E-state index contributed by atoms with van der Waals surface area (Å²) in [6.07, 6.45) is 0. The zero-order valence-corrected chi connectivity index (χ0v) is 17.6. The lowest BCUT2D eigenvalue weighted by Crippen LogP contribution is -2.30. The Bertz CT molecular complexity index is 1110. The monoisotopic (exact) mass is 374 g/mol. The predicted molar refractivity (Wildman–Crippen MR) is 123 cm³/mol. The SMILES string of the molecule is Cc1ccc(C2(c3ccc(C)cc3)c3c(C)cccc3-c3cccc(C)c32)cc1. The Kier molecular flexibility index (Phi) is 3.99. The van der Waals surface area contributed by atoms with Crippen LogP contribution in [0.1, 0.15) is 44.5 Å². The molecule has 0 saturated carbocycles. The van der Waals surface area contributed by atoms with Crippen molar-refractivity contribution in [3.63, 3.8) is 0 Å². The summed E-state index contributed by atoms with van der Waals surface area (Å²) < 4.78 is 0. The molecule has 0 bridgehead atoms. The lowest BCUT2D eigenvalue weighted by Gasteiger charge is -2.36. The largest absolute Gasteiger partial charge is 0.0718 e. The van der Waals surface area contributed by atoms with Crippen LogP contribution in [0.15, 0.2) is 84.9 Å². The molecule has 4 aromatic rings. The van der Waals surface area contributed by atoms with E-state index in [9.17, 15) is 0 Å². The number of fused-ring (bicyclic) bond motifs is 3. The first-order valence-electron chi connectivity index (χ1n) is 10.4. The van der Waals surface area contributed by atoms with Gasteiger partial charge >= 0.3 is 0 Å². The van der Waals surface area contributed by atoms with Gasteiger partial charge in [0.2, 0.25) is 0 Å². The molecule has 0 heterocycles. The minimum Gasteiger partial charge on any atom is -0.0614 e. The van der Waals surface area contributed by atoms with Crippen LogP contribution < -0.4 is 0 Å². The van der Waals surface area contributed by atoms with E-state index in [4.69, 9.17) is 0 Å². The number of hydrogen-bond acceptors (Lipinski definition) is 0. The Balaban J connectivity index is 2.01. The molecule has 0 aromatic heterocycles. The lowest BCUT2D eigenvalue weighted by molar-refractivity contribution is 0.755. The fourth-order valence-corrected chi connectivity index (χ4v) is 5.26. The summed E-state index contributed by atoms with van der Waals surface area (Å²) in [6, 6.07) is 31.8. The molecule has 0 atom stereocenters. The maximum Gasteiger partial charge on any atom is 0.0718 e. The van der Waals surface area contributed by atoms with Gasteiger partial charge in [0.15, 0.2) is 0 Å². The van der Waals surface area contributed by atoms with E-state index in [1.807, 2.05) is 0 Å². The molecule has 0 nitrogen and oxygen atoms in total. The summed E-state index contributed by atoms with van der Waals surface area (Å²) in [7, 11) is 0. The third kappa shape index (κ3) is 2.45. The van der Waals surface area contributed by atoms with Gasteiger partial charge in [-0.25, -0.2) is 0 Å². The second kappa shape index (κ2) is 6.46. The van der Waals surface area contributed by atoms with Gasteiger partial charge in [-0.05, 0) is 72.2 Å². The van der Waals surface area contributed by atoms with E-state index in [1.165, 1.54) is 55.6 Å². The molecule has 0 N–H and O–H groups in total. The van der Waals surface area contributed by atoms with Crippen LogP contribution in [0.3, 0.4) is 0 Å². The average molecular weight is 375 g/mol. The van der Waals surface area contributed by atoms with Crippen molar-refractivity contribution in [2.24, 2.45) is 0 Å². The zero-order valence-electron chi connectivity index (χ0n) is 17.6. The smallest absolute Gasteiger partial charge is 0.0614 e. The summed E-state index contributed by atoms with van der Waals surface area (Å²) in [4.78, 5) is 0. The molecule has 0 radical (unpaired) electrons. The van der Waals surface area contributed by atoms with Crippen LogP contribution in [0.4, 0.5) is 0 Å². The fourth-order valence-electron chi connectivity index (χ4n) is 5.26. The van der Waals surface area contributed by atoms with Crippen molar-refractivity contribution in [1.29, 1.82) is 0 Å². The van der Waals surface area contributed by atoms with Gasteiger partial charge in [0.1, 0.15) is 0 Å². The predicted octanol–water partition coefficient (Wildman–Crippen LogP) is 7.28. The van der Waals surface area contributed by atoms with Crippen molar-refractivity contribution >= 4 is 0 Å². The molecule has 0 saturated heterocycles. The van der Waals surface area contributed by atoms with E-state index in [2.05, 4.69) is 113 Å². The van der Waals surface area contributed by atoms with E-state index in [0.29, 0.717) is 0 Å². The first-order chi connectivity index (χ1) is 14.0. The normalized spacial score (nSPS) is 13.8. The highest BCUT2D eigenvalue weighted by atomic mass is 14.5. The lowest BCUT2D eigenvalue weighted by atomic mass is 9.65. The summed E-state index contributed by atoms with van der Waals surface area (Å²) in [5.74, 6) is 0. The van der Waals surface area contributed by atoms with Crippen LogP contribution in [0.2, 0.25) is 0 Å². The van der Waals surface area contributed by atoms with Gasteiger partial charge in [0, 0.05) is 0 Å². The highest BCUT2D eigenvalue weighted by Crippen LogP contribution is 2.57. The van der Waals surface area contributed by atoms with E-state index >= 15 is 0 Å². The minimum absolute atomic E-state index is 0.289. The van der Waals surface area contributed by atoms with Crippen LogP contribution in [0.25, 0.3) is 11.1 Å². The van der Waals surface area contributed by atoms with Crippen molar-refractivity contribution in [3.05, 3.63) is 129 Å². The molecular formula is C29H26. The molecule has 142 valence electrons. The summed E-state index contributed by atoms with van der Waals surface area (Å²) in [5, 5.41) is 0. The standard InChI is InChI=1S/C29H26/c1-19-11-15-23(16-12-19)29(24-17-13-20(2)14-18-24)27-21(3)7-5-9-25(27)26-10-6-8-22(4)28(26)29/h5-18H,1-4H3. The second-order valence-corrected chi connectivity index (χ2v) is 8.48. The highest BCUT2D eigenvalue weighted by molar-refractivity contribution is 5.88. The average Bonchev–Trinajstić information content (AvgIpc) is 3.03. The third-order valence-corrected chi connectivity index (χ3v) is 6.55. The van der Waals surface area contributed by atoms with Gasteiger partial charge < -0.3 is 0 Å². The number of rotatable bonds is 2. The van der Waals surface area contributed by atoms with Gasteiger partial charge in [-0.15, -0.1) is 0 Å². The van der Waals surface area contributed by atoms with Crippen LogP contribution in [0, 0.1) is 27.7 Å². The van der Waals surface area contributed by atoms with Gasteiger partial charge in [-0.3, -0.25) is 0 Å². The number of hydrogen-bond donors (Lipinski definition) is 0. The molecule has 0 fully saturated rings. The molecule has 1 aliphatic rings. The van der Waals surface area contributed by atoms with Crippen LogP contribution in [-0.2, 0) is 5.41 Å². The Morgan fingerprint density at radius 1 is 0.448 bits per heavy atom. The van der Waals surface area contributed by atoms with Crippen LogP contribution in [0.5, 0.6) is 0 Å². The van der Waals surface area contributed by atoms with E-state index < -0.39 is 0 Å². The molecule has 0 heteroatoms. The second-order valence-electron chi connectivity index (χ2n) is 8.48. The van der Waals surface area contributed by atoms with Gasteiger partial charge in [-0.2, -0.15) is 0 Å². The summed E-state index contributed by atoms with van der Waals surface area (Å²) in [6.45, 7) is 8.85. The Morgan fingerprint density at radius 3 is 1.21 bits per heavy atom. The molecule has 4 aromatic carbocycles. The van der Waals surface area contributed by atoms with Crippen molar-refractivity contribution < 1.29 is 0 Å². The molecule has 1 aliphatic carbocycles. The molecule has 29 heavy (non-hydrogen) atoms. The number of benzene rings is 4. The van der Waals surface area contributed by atoms with Crippen LogP contribution in [-0.4, -0.2) is 0 Å². The van der Waals surface area contributed by atoms with E-state index in [0.717, 1.165) is 0 Å². The first kappa shape index (κ1) is 17.9. The van der Waals surface area contributed by atoms with Crippen LogP contribution >= 0.6 is 0 Å². The number of aryl methyl sites for hydroxylation is 4. The van der Waals surface area contributed by atoms with Crippen molar-refractivity contribution in [3.8, 4) is 11.1 Å². The zero-order chi connectivity index (χ0) is 20.2. The van der Waals surface area contributed by atoms with Gasteiger partial charge in [0.05, 0.1) is 5.41 Å². The Morgan fingerprint density at radius 2 is 0.828 bits per heavy atom. The van der Waals surface area contributed by atoms with Crippen molar-refractivity contribution in [2.45, 2.75) is 33.1 Å². The molecule has 5 rings (SSSR count). The van der Waals surface area contributed by atoms with E-state index in [-0.39, 0.29) is 5.41 Å².